The second-order valence-electron chi connectivity index (χ2n) is 9.76. The van der Waals surface area contributed by atoms with E-state index in [1.54, 1.807) is 0 Å². The summed E-state index contributed by atoms with van der Waals surface area (Å²) in [7, 11) is 2.42. The van der Waals surface area contributed by atoms with Crippen LogP contribution in [0.1, 0.15) is 43.7 Å². The number of piperidine rings is 1. The summed E-state index contributed by atoms with van der Waals surface area (Å²) in [6.07, 6.45) is 4.28. The Balaban J connectivity index is 1.55. The van der Waals surface area contributed by atoms with E-state index in [4.69, 9.17) is 5.73 Å². The number of carbonyl (C=O) groups excluding carboxylic acids is 1. The molecule has 2 N–H and O–H groups in total. The van der Waals surface area contributed by atoms with Crippen molar-refractivity contribution in [1.29, 1.82) is 0 Å². The SMILES string of the molecule is CCC(CC1C2CCC1C[N+](C)(Cc1ccccc1)C2)(C(N)=O)c1ccccc1. The monoisotopic (exact) mass is 391 g/mol. The van der Waals surface area contributed by atoms with Crippen LogP contribution in [0.25, 0.3) is 0 Å². The second-order valence-corrected chi connectivity index (χ2v) is 9.76. The molecule has 29 heavy (non-hydrogen) atoms. The van der Waals surface area contributed by atoms with Gasteiger partial charge in [-0.2, -0.15) is 0 Å². The van der Waals surface area contributed by atoms with Crippen LogP contribution >= 0.6 is 0 Å². The highest BCUT2D eigenvalue weighted by molar-refractivity contribution is 5.86. The molecule has 2 aliphatic rings. The zero-order valence-corrected chi connectivity index (χ0v) is 17.9. The summed E-state index contributed by atoms with van der Waals surface area (Å²) in [6, 6.07) is 21.2. The Bertz CT molecular complexity index is 820. The molecule has 1 aliphatic carbocycles. The van der Waals surface area contributed by atoms with Gasteiger partial charge in [0, 0.05) is 17.4 Å². The quantitative estimate of drug-likeness (QED) is 0.693. The molecule has 2 aromatic carbocycles. The molecule has 0 spiro atoms. The van der Waals surface area contributed by atoms with Crippen LogP contribution in [0.4, 0.5) is 0 Å². The van der Waals surface area contributed by atoms with Crippen molar-refractivity contribution in [2.45, 2.75) is 44.6 Å². The topological polar surface area (TPSA) is 43.1 Å². The molecule has 3 nitrogen and oxygen atoms in total. The highest BCUT2D eigenvalue weighted by atomic mass is 16.1. The van der Waals surface area contributed by atoms with E-state index in [0.717, 1.165) is 29.4 Å². The zero-order chi connectivity index (χ0) is 20.5. The van der Waals surface area contributed by atoms with Crippen molar-refractivity contribution in [1.82, 2.24) is 0 Å². The number of hydrogen-bond donors (Lipinski definition) is 1. The number of carbonyl (C=O) groups is 1. The number of nitrogens with zero attached hydrogens (tertiary/aromatic N) is 1. The van der Waals surface area contributed by atoms with E-state index in [-0.39, 0.29) is 5.91 Å². The van der Waals surface area contributed by atoms with Gasteiger partial charge in [0.2, 0.25) is 5.91 Å². The number of fused-ring (bicyclic) bond motifs is 2. The second kappa shape index (κ2) is 7.95. The lowest BCUT2D eigenvalue weighted by Gasteiger charge is -2.47. The third kappa shape index (κ3) is 3.85. The summed E-state index contributed by atoms with van der Waals surface area (Å²) in [6.45, 7) is 5.65. The zero-order valence-electron chi connectivity index (χ0n) is 17.9. The normalized spacial score (nSPS) is 30.6. The minimum Gasteiger partial charge on any atom is -0.369 e. The van der Waals surface area contributed by atoms with Gasteiger partial charge in [-0.1, -0.05) is 67.6 Å². The van der Waals surface area contributed by atoms with Gasteiger partial charge in [0.15, 0.2) is 0 Å². The average molecular weight is 392 g/mol. The molecule has 4 rings (SSSR count). The molecule has 2 fully saturated rings. The van der Waals surface area contributed by atoms with Crippen LogP contribution < -0.4 is 5.73 Å². The van der Waals surface area contributed by atoms with Crippen LogP contribution in [-0.4, -0.2) is 30.5 Å². The standard InChI is InChI=1S/C26H34N2O/c1-3-26(25(27)29,23-12-8-5-9-13-23)16-24-21-14-15-22(24)19-28(2,18-21)17-20-10-6-4-7-11-20/h4-13,21-22,24H,3,14-19H2,1-2H3,(H-,27,29)/p+1. The molecule has 0 aromatic heterocycles. The van der Waals surface area contributed by atoms with Crippen molar-refractivity contribution in [3.8, 4) is 0 Å². The molecule has 2 bridgehead atoms. The maximum Gasteiger partial charge on any atom is 0.228 e. The van der Waals surface area contributed by atoms with Gasteiger partial charge in [0.1, 0.15) is 6.54 Å². The third-order valence-corrected chi connectivity index (χ3v) is 7.86. The summed E-state index contributed by atoms with van der Waals surface area (Å²) in [4.78, 5) is 12.7. The van der Waals surface area contributed by atoms with Gasteiger partial charge >= 0.3 is 0 Å². The first-order valence-electron chi connectivity index (χ1n) is 11.2. The number of primary amides is 1. The van der Waals surface area contributed by atoms with E-state index in [1.807, 2.05) is 18.2 Å². The molecule has 1 saturated heterocycles. The Labute approximate surface area is 175 Å². The Morgan fingerprint density at radius 2 is 1.55 bits per heavy atom. The van der Waals surface area contributed by atoms with Gasteiger partial charge < -0.3 is 10.2 Å². The fourth-order valence-electron chi connectivity index (χ4n) is 6.43. The van der Waals surface area contributed by atoms with Crippen LogP contribution in [0.3, 0.4) is 0 Å². The minimum absolute atomic E-state index is 0.155. The van der Waals surface area contributed by atoms with E-state index in [0.29, 0.717) is 17.8 Å². The third-order valence-electron chi connectivity index (χ3n) is 7.86. The molecule has 0 radical (unpaired) electrons. The Morgan fingerprint density at radius 3 is 2.07 bits per heavy atom. The molecule has 3 heteroatoms. The fourth-order valence-corrected chi connectivity index (χ4v) is 6.43. The van der Waals surface area contributed by atoms with E-state index < -0.39 is 5.41 Å². The van der Waals surface area contributed by atoms with E-state index in [1.165, 1.54) is 31.5 Å². The van der Waals surface area contributed by atoms with Crippen molar-refractivity contribution < 1.29 is 9.28 Å². The van der Waals surface area contributed by atoms with Crippen molar-refractivity contribution in [2.75, 3.05) is 20.1 Å². The van der Waals surface area contributed by atoms with Crippen LogP contribution in [0.2, 0.25) is 0 Å². The lowest BCUT2D eigenvalue weighted by molar-refractivity contribution is -0.933. The number of rotatable bonds is 7. The Morgan fingerprint density at radius 1 is 1.00 bits per heavy atom. The summed E-state index contributed by atoms with van der Waals surface area (Å²) in [5, 5.41) is 0. The fraction of sp³-hybridized carbons (Fsp3) is 0.500. The van der Waals surface area contributed by atoms with Crippen molar-refractivity contribution in [3.05, 3.63) is 71.8 Å². The smallest absolute Gasteiger partial charge is 0.228 e. The van der Waals surface area contributed by atoms with Gasteiger partial charge in [0.25, 0.3) is 0 Å². The first kappa shape index (κ1) is 20.2. The van der Waals surface area contributed by atoms with Gasteiger partial charge in [0.05, 0.1) is 25.6 Å². The number of nitrogens with two attached hydrogens (primary N) is 1. The Kier molecular flexibility index (Phi) is 5.52. The lowest BCUT2D eigenvalue weighted by atomic mass is 9.66. The summed E-state index contributed by atoms with van der Waals surface area (Å²) < 4.78 is 1.12. The highest BCUT2D eigenvalue weighted by Crippen LogP contribution is 2.50. The van der Waals surface area contributed by atoms with Gasteiger partial charge in [-0.15, -0.1) is 0 Å². The first-order valence-corrected chi connectivity index (χ1v) is 11.2. The number of amides is 1. The van der Waals surface area contributed by atoms with Crippen molar-refractivity contribution in [2.24, 2.45) is 23.5 Å². The van der Waals surface area contributed by atoms with Crippen LogP contribution in [-0.2, 0) is 16.8 Å². The molecule has 3 unspecified atom stereocenters. The number of quaternary nitrogens is 1. The van der Waals surface area contributed by atoms with Gasteiger partial charge in [-0.3, -0.25) is 4.79 Å². The number of hydrogen-bond acceptors (Lipinski definition) is 1. The van der Waals surface area contributed by atoms with E-state index >= 15 is 0 Å². The Hall–Kier alpha value is -2.13. The van der Waals surface area contributed by atoms with E-state index in [2.05, 4.69) is 56.4 Å². The maximum atomic E-state index is 12.7. The molecule has 3 atom stereocenters. The van der Waals surface area contributed by atoms with Crippen molar-refractivity contribution in [3.63, 3.8) is 0 Å². The summed E-state index contributed by atoms with van der Waals surface area (Å²) in [5.41, 5.74) is 8.05. The first-order chi connectivity index (χ1) is 14.0. The average Bonchev–Trinajstić information content (AvgIpc) is 2.96. The van der Waals surface area contributed by atoms with E-state index in [9.17, 15) is 4.79 Å². The molecule has 1 aliphatic heterocycles. The molecule has 1 amide bonds. The lowest BCUT2D eigenvalue weighted by Crippen LogP contribution is -2.55. The predicted molar refractivity (Wildman–Crippen MR) is 118 cm³/mol. The summed E-state index contributed by atoms with van der Waals surface area (Å²) in [5.74, 6) is 1.83. The van der Waals surface area contributed by atoms with Crippen molar-refractivity contribution >= 4 is 5.91 Å². The largest absolute Gasteiger partial charge is 0.369 e. The van der Waals surface area contributed by atoms with Crippen LogP contribution in [0.15, 0.2) is 60.7 Å². The van der Waals surface area contributed by atoms with Crippen LogP contribution in [0, 0.1) is 17.8 Å². The molecule has 1 heterocycles. The highest BCUT2D eigenvalue weighted by Gasteiger charge is 2.52. The van der Waals surface area contributed by atoms with Gasteiger partial charge in [-0.25, -0.2) is 0 Å². The number of benzene rings is 2. The molecule has 2 aromatic rings. The minimum atomic E-state index is -0.535. The molecular formula is C26H35N2O+. The van der Waals surface area contributed by atoms with Crippen LogP contribution in [0.5, 0.6) is 0 Å². The molecule has 154 valence electrons. The molecular weight excluding hydrogens is 356 g/mol. The maximum absolute atomic E-state index is 12.7. The number of likely N-dealkylation sites (tertiary alicyclic amines) is 1. The predicted octanol–water partition coefficient (Wildman–Crippen LogP) is 4.51. The molecule has 1 saturated carbocycles. The van der Waals surface area contributed by atoms with Gasteiger partial charge in [-0.05, 0) is 37.2 Å². The summed E-state index contributed by atoms with van der Waals surface area (Å²) >= 11 is 0.